The number of rotatable bonds is 4. The van der Waals surface area contributed by atoms with Crippen LogP contribution in [0.2, 0.25) is 0 Å². The molecule has 0 saturated carbocycles. The topological polar surface area (TPSA) is 41.1 Å². The van der Waals surface area contributed by atoms with Gasteiger partial charge in [0.25, 0.3) is 5.91 Å². The molecule has 0 radical (unpaired) electrons. The molecule has 3 nitrogen and oxygen atoms in total. The molecule has 2 aromatic carbocycles. The lowest BCUT2D eigenvalue weighted by molar-refractivity contribution is 0.102. The van der Waals surface area contributed by atoms with E-state index in [1.165, 1.54) is 12.1 Å². The average Bonchev–Trinajstić information content (AvgIpc) is 2.41. The van der Waals surface area contributed by atoms with Crippen molar-refractivity contribution in [3.63, 3.8) is 0 Å². The van der Waals surface area contributed by atoms with E-state index in [0.717, 1.165) is 11.1 Å². The van der Waals surface area contributed by atoms with E-state index in [0.29, 0.717) is 12.2 Å². The Kier molecular flexibility index (Phi) is 4.48. The molecular formula is C16H17FN2O. The fourth-order valence-electron chi connectivity index (χ4n) is 1.98. The van der Waals surface area contributed by atoms with Crippen molar-refractivity contribution in [3.8, 4) is 0 Å². The molecule has 2 aromatic rings. The Morgan fingerprint density at radius 2 is 1.95 bits per heavy atom. The second kappa shape index (κ2) is 6.30. The minimum Gasteiger partial charge on any atom is -0.322 e. The van der Waals surface area contributed by atoms with E-state index in [1.54, 1.807) is 19.1 Å². The zero-order chi connectivity index (χ0) is 14.5. The fourth-order valence-corrected chi connectivity index (χ4v) is 1.98. The Hall–Kier alpha value is -2.20. The van der Waals surface area contributed by atoms with Crippen LogP contribution in [0.15, 0.2) is 42.5 Å². The number of anilines is 1. The third-order valence-electron chi connectivity index (χ3n) is 3.00. The van der Waals surface area contributed by atoms with E-state index in [-0.39, 0.29) is 5.56 Å². The van der Waals surface area contributed by atoms with E-state index in [1.807, 2.05) is 25.2 Å². The van der Waals surface area contributed by atoms with Crippen molar-refractivity contribution < 1.29 is 9.18 Å². The number of carbonyl (C=O) groups is 1. The van der Waals surface area contributed by atoms with E-state index in [9.17, 15) is 9.18 Å². The van der Waals surface area contributed by atoms with Gasteiger partial charge in [-0.2, -0.15) is 0 Å². The Bertz CT molecular complexity index is 626. The molecule has 0 aliphatic rings. The molecule has 0 bridgehead atoms. The highest BCUT2D eigenvalue weighted by molar-refractivity contribution is 6.04. The highest BCUT2D eigenvalue weighted by Gasteiger charge is 2.13. The third kappa shape index (κ3) is 3.22. The number of benzene rings is 2. The Morgan fingerprint density at radius 3 is 2.65 bits per heavy atom. The van der Waals surface area contributed by atoms with Crippen LogP contribution < -0.4 is 10.6 Å². The minimum atomic E-state index is -0.506. The Morgan fingerprint density at radius 1 is 1.20 bits per heavy atom. The van der Waals surface area contributed by atoms with Crippen LogP contribution >= 0.6 is 0 Å². The van der Waals surface area contributed by atoms with Gasteiger partial charge in [0.1, 0.15) is 5.82 Å². The highest BCUT2D eigenvalue weighted by atomic mass is 19.1. The van der Waals surface area contributed by atoms with Gasteiger partial charge in [-0.15, -0.1) is 0 Å². The summed E-state index contributed by atoms with van der Waals surface area (Å²) in [5.74, 6) is -0.945. The molecule has 0 aliphatic carbocycles. The lowest BCUT2D eigenvalue weighted by Crippen LogP contribution is -2.16. The lowest BCUT2D eigenvalue weighted by atomic mass is 10.1. The van der Waals surface area contributed by atoms with Gasteiger partial charge in [-0.05, 0) is 43.3 Å². The monoisotopic (exact) mass is 272 g/mol. The van der Waals surface area contributed by atoms with Crippen LogP contribution in [0.4, 0.5) is 10.1 Å². The summed E-state index contributed by atoms with van der Waals surface area (Å²) >= 11 is 0. The van der Waals surface area contributed by atoms with Gasteiger partial charge in [0, 0.05) is 12.2 Å². The zero-order valence-electron chi connectivity index (χ0n) is 11.5. The van der Waals surface area contributed by atoms with Crippen LogP contribution in [0.3, 0.4) is 0 Å². The van der Waals surface area contributed by atoms with Gasteiger partial charge in [0.15, 0.2) is 0 Å². The molecule has 20 heavy (non-hydrogen) atoms. The van der Waals surface area contributed by atoms with Gasteiger partial charge in [0.05, 0.1) is 5.56 Å². The molecule has 0 unspecified atom stereocenters. The number of para-hydroxylation sites is 1. The van der Waals surface area contributed by atoms with E-state index in [2.05, 4.69) is 10.6 Å². The van der Waals surface area contributed by atoms with Crippen LogP contribution in [0, 0.1) is 12.7 Å². The SMILES string of the molecule is CNCc1ccccc1NC(=O)c1ccc(C)cc1F. The molecule has 0 heterocycles. The van der Waals surface area contributed by atoms with Crippen LogP contribution in [-0.4, -0.2) is 13.0 Å². The number of hydrogen-bond acceptors (Lipinski definition) is 2. The summed E-state index contributed by atoms with van der Waals surface area (Å²) in [6, 6.07) is 12.0. The zero-order valence-corrected chi connectivity index (χ0v) is 11.5. The summed E-state index contributed by atoms with van der Waals surface area (Å²) in [6.45, 7) is 2.42. The predicted octanol–water partition coefficient (Wildman–Crippen LogP) is 3.11. The first kappa shape index (κ1) is 14.2. The summed E-state index contributed by atoms with van der Waals surface area (Å²) in [4.78, 5) is 12.1. The maximum absolute atomic E-state index is 13.8. The van der Waals surface area contributed by atoms with Crippen molar-refractivity contribution in [2.24, 2.45) is 0 Å². The summed E-state index contributed by atoms with van der Waals surface area (Å²) in [7, 11) is 1.83. The van der Waals surface area contributed by atoms with E-state index >= 15 is 0 Å². The third-order valence-corrected chi connectivity index (χ3v) is 3.00. The van der Waals surface area contributed by atoms with Crippen molar-refractivity contribution in [2.45, 2.75) is 13.5 Å². The molecule has 4 heteroatoms. The average molecular weight is 272 g/mol. The second-order valence-corrected chi connectivity index (χ2v) is 4.62. The van der Waals surface area contributed by atoms with Gasteiger partial charge in [-0.3, -0.25) is 4.79 Å². The van der Waals surface area contributed by atoms with Gasteiger partial charge < -0.3 is 10.6 Å². The standard InChI is InChI=1S/C16H17FN2O/c1-11-7-8-13(14(17)9-11)16(20)19-15-6-4-3-5-12(15)10-18-2/h3-9,18H,10H2,1-2H3,(H,19,20). The minimum absolute atomic E-state index is 0.0508. The summed E-state index contributed by atoms with van der Waals surface area (Å²) in [5.41, 5.74) is 2.48. The molecule has 0 spiro atoms. The van der Waals surface area contributed by atoms with Crippen molar-refractivity contribution in [2.75, 3.05) is 12.4 Å². The molecular weight excluding hydrogens is 255 g/mol. The number of amides is 1. The normalized spacial score (nSPS) is 10.3. The quantitative estimate of drug-likeness (QED) is 0.898. The summed E-state index contributed by atoms with van der Waals surface area (Å²) in [6.07, 6.45) is 0. The number of nitrogens with one attached hydrogen (secondary N) is 2. The van der Waals surface area contributed by atoms with Crippen molar-refractivity contribution in [1.29, 1.82) is 0 Å². The first-order valence-electron chi connectivity index (χ1n) is 6.42. The number of halogens is 1. The molecule has 104 valence electrons. The molecule has 0 aliphatic heterocycles. The molecule has 1 amide bonds. The predicted molar refractivity (Wildman–Crippen MR) is 78.3 cm³/mol. The van der Waals surface area contributed by atoms with E-state index < -0.39 is 11.7 Å². The molecule has 0 aromatic heterocycles. The van der Waals surface area contributed by atoms with Gasteiger partial charge >= 0.3 is 0 Å². The first-order valence-corrected chi connectivity index (χ1v) is 6.42. The maximum Gasteiger partial charge on any atom is 0.258 e. The van der Waals surface area contributed by atoms with Gasteiger partial charge in [-0.25, -0.2) is 4.39 Å². The summed E-state index contributed by atoms with van der Waals surface area (Å²) in [5, 5.41) is 5.78. The van der Waals surface area contributed by atoms with E-state index in [4.69, 9.17) is 0 Å². The molecule has 2 rings (SSSR count). The van der Waals surface area contributed by atoms with Crippen molar-refractivity contribution in [1.82, 2.24) is 5.32 Å². The lowest BCUT2D eigenvalue weighted by Gasteiger charge is -2.11. The first-order chi connectivity index (χ1) is 9.61. The van der Waals surface area contributed by atoms with Crippen LogP contribution in [0.1, 0.15) is 21.5 Å². The van der Waals surface area contributed by atoms with Crippen molar-refractivity contribution >= 4 is 11.6 Å². The highest BCUT2D eigenvalue weighted by Crippen LogP contribution is 2.17. The summed E-state index contributed by atoms with van der Waals surface area (Å²) < 4.78 is 13.8. The largest absolute Gasteiger partial charge is 0.322 e. The van der Waals surface area contributed by atoms with Crippen LogP contribution in [0.25, 0.3) is 0 Å². The van der Waals surface area contributed by atoms with Crippen LogP contribution in [-0.2, 0) is 6.54 Å². The van der Waals surface area contributed by atoms with Gasteiger partial charge in [-0.1, -0.05) is 24.3 Å². The second-order valence-electron chi connectivity index (χ2n) is 4.62. The van der Waals surface area contributed by atoms with Crippen LogP contribution in [0.5, 0.6) is 0 Å². The number of hydrogen-bond donors (Lipinski definition) is 2. The number of carbonyl (C=O) groups excluding carboxylic acids is 1. The molecule has 2 N–H and O–H groups in total. The van der Waals surface area contributed by atoms with Gasteiger partial charge in [0.2, 0.25) is 0 Å². The van der Waals surface area contributed by atoms with Crippen molar-refractivity contribution in [3.05, 3.63) is 65.0 Å². The smallest absolute Gasteiger partial charge is 0.258 e. The molecule has 0 atom stereocenters. The Balaban J connectivity index is 2.23. The molecule has 0 saturated heterocycles. The Labute approximate surface area is 117 Å². The number of aryl methyl sites for hydroxylation is 1. The maximum atomic E-state index is 13.8. The molecule has 0 fully saturated rings. The fraction of sp³-hybridized carbons (Fsp3) is 0.188.